The van der Waals surface area contributed by atoms with E-state index in [2.05, 4.69) is 0 Å². The van der Waals surface area contributed by atoms with Gasteiger partial charge in [-0.25, -0.2) is 13.2 Å². The van der Waals surface area contributed by atoms with Crippen LogP contribution in [0, 0.1) is 5.82 Å². The van der Waals surface area contributed by atoms with E-state index in [0.29, 0.717) is 12.1 Å². The molecule has 78 valence electrons. The Morgan fingerprint density at radius 3 is 2.07 bits per heavy atom. The predicted molar refractivity (Wildman–Crippen MR) is 40.1 cm³/mol. The molecule has 0 radical (unpaired) electrons. The molecule has 0 aromatic heterocycles. The number of benzene rings is 1. The molecule has 0 nitrogen and oxygen atoms in total. The minimum atomic E-state index is -5.61. The maximum atomic E-state index is 12.4. The highest BCUT2D eigenvalue weighted by Crippen LogP contribution is 2.22. The molecule has 0 aliphatic carbocycles. The van der Waals surface area contributed by atoms with E-state index in [1.807, 2.05) is 0 Å². The second-order valence-electron chi connectivity index (χ2n) is 2.65. The van der Waals surface area contributed by atoms with E-state index in [1.54, 1.807) is 0 Å². The summed E-state index contributed by atoms with van der Waals surface area (Å²) in [5.41, 5.74) is -2.75. The highest BCUT2D eigenvalue weighted by molar-refractivity contribution is 6.74. The van der Waals surface area contributed by atoms with Crippen LogP contribution < -0.4 is 5.46 Å². The molecule has 1 rings (SSSR count). The van der Waals surface area contributed by atoms with Gasteiger partial charge >= 0.3 is 6.98 Å². The number of halogens is 6. The number of rotatable bonds is 2. The second kappa shape index (κ2) is 3.55. The van der Waals surface area contributed by atoms with Crippen LogP contribution in [-0.2, 0) is 0 Å². The van der Waals surface area contributed by atoms with Gasteiger partial charge in [-0.15, -0.1) is 0 Å². The fourth-order valence-corrected chi connectivity index (χ4v) is 1.03. The summed E-state index contributed by atoms with van der Waals surface area (Å²) in [5.74, 6) is -1.18. The Morgan fingerprint density at radius 2 is 1.64 bits per heavy atom. The lowest BCUT2D eigenvalue weighted by Gasteiger charge is -2.19. The van der Waals surface area contributed by atoms with Crippen molar-refractivity contribution in [2.45, 2.75) is 6.43 Å². The molecule has 14 heavy (non-hydrogen) atoms. The Bertz CT molecular complexity index is 331. The van der Waals surface area contributed by atoms with Gasteiger partial charge in [0.15, 0.2) is 0 Å². The zero-order valence-electron chi connectivity index (χ0n) is 6.65. The van der Waals surface area contributed by atoms with Gasteiger partial charge in [0.2, 0.25) is 0 Å². The van der Waals surface area contributed by atoms with Crippen molar-refractivity contribution < 1.29 is 26.1 Å². The zero-order chi connectivity index (χ0) is 10.9. The van der Waals surface area contributed by atoms with Crippen LogP contribution >= 0.6 is 0 Å². The lowest BCUT2D eigenvalue weighted by Crippen LogP contribution is -2.37. The lowest BCUT2D eigenvalue weighted by molar-refractivity contribution is 0.152. The highest BCUT2D eigenvalue weighted by Gasteiger charge is 2.31. The van der Waals surface area contributed by atoms with Crippen molar-refractivity contribution in [3.8, 4) is 0 Å². The lowest BCUT2D eigenvalue weighted by atomic mass is 9.77. The van der Waals surface area contributed by atoms with Crippen molar-refractivity contribution in [3.63, 3.8) is 0 Å². The summed E-state index contributed by atoms with van der Waals surface area (Å²) in [6, 6.07) is 1.11. The van der Waals surface area contributed by atoms with E-state index in [4.69, 9.17) is 0 Å². The van der Waals surface area contributed by atoms with Crippen LogP contribution in [0.2, 0.25) is 0 Å². The maximum Gasteiger partial charge on any atom is 0.510 e. The van der Waals surface area contributed by atoms with Gasteiger partial charge < -0.3 is 12.9 Å². The third-order valence-electron chi connectivity index (χ3n) is 1.64. The van der Waals surface area contributed by atoms with Crippen LogP contribution in [-0.4, -0.2) is 6.98 Å². The molecule has 7 heteroatoms. The molecule has 1 aromatic carbocycles. The summed E-state index contributed by atoms with van der Waals surface area (Å²) < 4.78 is 73.0. The first kappa shape index (κ1) is 10.9. The Morgan fingerprint density at radius 1 is 1.07 bits per heavy atom. The van der Waals surface area contributed by atoms with E-state index >= 15 is 0 Å². The molecule has 0 atom stereocenters. The summed E-state index contributed by atoms with van der Waals surface area (Å²) in [6.07, 6.45) is -3.26. The summed E-state index contributed by atoms with van der Waals surface area (Å²) in [6.45, 7) is -5.61. The molecule has 0 saturated heterocycles. The molecule has 0 aliphatic heterocycles. The second-order valence-corrected chi connectivity index (χ2v) is 2.65. The molecular weight excluding hydrogens is 209 g/mol. The van der Waals surface area contributed by atoms with E-state index in [1.165, 1.54) is 0 Å². The molecule has 0 heterocycles. The Hall–Kier alpha value is -1.14. The maximum absolute atomic E-state index is 12.4. The van der Waals surface area contributed by atoms with Crippen LogP contribution in [0.5, 0.6) is 0 Å². The minimum Gasteiger partial charge on any atom is -0.445 e. The monoisotopic (exact) mass is 213 g/mol. The molecule has 0 amide bonds. The van der Waals surface area contributed by atoms with Gasteiger partial charge in [-0.2, -0.15) is 0 Å². The van der Waals surface area contributed by atoms with Crippen LogP contribution in [0.1, 0.15) is 12.0 Å². The van der Waals surface area contributed by atoms with Crippen molar-refractivity contribution in [3.05, 3.63) is 29.6 Å². The first-order chi connectivity index (χ1) is 6.32. The van der Waals surface area contributed by atoms with Crippen molar-refractivity contribution in [2.75, 3.05) is 0 Å². The molecule has 0 unspecified atom stereocenters. The third kappa shape index (κ3) is 2.21. The summed E-state index contributed by atoms with van der Waals surface area (Å²) in [5, 5.41) is 0. The van der Waals surface area contributed by atoms with Gasteiger partial charge in [-0.1, -0.05) is 17.6 Å². The quantitative estimate of drug-likeness (QED) is 0.523. The highest BCUT2D eigenvalue weighted by atomic mass is 19.4. The predicted octanol–water partition coefficient (Wildman–Crippen LogP) is 2.82. The molecule has 0 bridgehead atoms. The summed E-state index contributed by atoms with van der Waals surface area (Å²) >= 11 is 0. The Labute approximate surface area is 75.6 Å². The summed E-state index contributed by atoms with van der Waals surface area (Å²) in [7, 11) is 0. The molecule has 0 saturated carbocycles. The number of hydrogen-bond donors (Lipinski definition) is 0. The van der Waals surface area contributed by atoms with Gasteiger partial charge in [-0.3, -0.25) is 0 Å². The number of hydrogen-bond acceptors (Lipinski definition) is 0. The zero-order valence-corrected chi connectivity index (χ0v) is 6.65. The SMILES string of the molecule is Fc1ccc(C(F)F)c([B-](F)(F)F)c1. The van der Waals surface area contributed by atoms with Crippen LogP contribution in [0.15, 0.2) is 18.2 Å². The van der Waals surface area contributed by atoms with Crippen molar-refractivity contribution in [1.82, 2.24) is 0 Å². The van der Waals surface area contributed by atoms with Gasteiger partial charge in [0, 0.05) is 0 Å². The average molecular weight is 213 g/mol. The van der Waals surface area contributed by atoms with Gasteiger partial charge in [0.05, 0.1) is 0 Å². The van der Waals surface area contributed by atoms with Crippen LogP contribution in [0.25, 0.3) is 0 Å². The first-order valence-corrected chi connectivity index (χ1v) is 3.60. The molecule has 0 spiro atoms. The molecule has 0 fully saturated rings. The molecule has 0 aliphatic rings. The van der Waals surface area contributed by atoms with Crippen LogP contribution in [0.3, 0.4) is 0 Å². The van der Waals surface area contributed by atoms with Gasteiger partial charge in [0.1, 0.15) is 5.82 Å². The van der Waals surface area contributed by atoms with Crippen molar-refractivity contribution >= 4 is 12.4 Å². The van der Waals surface area contributed by atoms with Crippen molar-refractivity contribution in [1.29, 1.82) is 0 Å². The normalized spacial score (nSPS) is 12.2. The van der Waals surface area contributed by atoms with Crippen LogP contribution in [0.4, 0.5) is 26.1 Å². The fourth-order valence-electron chi connectivity index (χ4n) is 1.03. The van der Waals surface area contributed by atoms with E-state index in [-0.39, 0.29) is 6.07 Å². The van der Waals surface area contributed by atoms with Gasteiger partial charge in [0.25, 0.3) is 6.43 Å². The Kier molecular flexibility index (Phi) is 2.77. The minimum absolute atomic E-state index is 0.0848. The standard InChI is InChI=1S/C7H4BF6/c9-4-1-2-5(7(10)11)6(3-4)8(12,13)14/h1-3,7H/q-1. The van der Waals surface area contributed by atoms with Crippen molar-refractivity contribution in [2.24, 2.45) is 0 Å². The molecule has 0 N–H and O–H groups in total. The first-order valence-electron chi connectivity index (χ1n) is 3.60. The fraction of sp³-hybridized carbons (Fsp3) is 0.143. The summed E-state index contributed by atoms with van der Waals surface area (Å²) in [4.78, 5) is 0. The van der Waals surface area contributed by atoms with E-state index in [0.717, 1.165) is 0 Å². The topological polar surface area (TPSA) is 0 Å². The van der Waals surface area contributed by atoms with Gasteiger partial charge in [-0.05, 0) is 11.6 Å². The largest absolute Gasteiger partial charge is 0.510 e. The third-order valence-corrected chi connectivity index (χ3v) is 1.64. The molecule has 1 aromatic rings. The van der Waals surface area contributed by atoms with E-state index < -0.39 is 30.2 Å². The Balaban J connectivity index is 3.30. The molecular formula is C7H4BF6-. The van der Waals surface area contributed by atoms with E-state index in [9.17, 15) is 26.1 Å². The smallest absolute Gasteiger partial charge is 0.445 e. The average Bonchev–Trinajstić information content (AvgIpc) is 2.01. The number of alkyl halides is 2.